The number of rotatable bonds is 3. The Hall–Kier alpha value is -0.610. The Morgan fingerprint density at radius 2 is 2.00 bits per heavy atom. The van der Waals surface area contributed by atoms with Crippen LogP contribution in [0.1, 0.15) is 18.4 Å². The standard InChI is InChI=1S/C10H15N3S/c1-3-14-4-2-10(1)13-7-9-5-11-8-12-6-9/h5-6,8,10,13H,1-4,7H2. The van der Waals surface area contributed by atoms with Crippen molar-refractivity contribution < 1.29 is 0 Å². The summed E-state index contributed by atoms with van der Waals surface area (Å²) in [5.74, 6) is 2.59. The van der Waals surface area contributed by atoms with E-state index in [1.807, 2.05) is 12.4 Å². The molecule has 4 heteroatoms. The van der Waals surface area contributed by atoms with Crippen LogP contribution >= 0.6 is 11.8 Å². The molecule has 0 radical (unpaired) electrons. The summed E-state index contributed by atoms with van der Waals surface area (Å²) in [6, 6.07) is 0.691. The predicted octanol–water partition coefficient (Wildman–Crippen LogP) is 1.46. The van der Waals surface area contributed by atoms with Crippen molar-refractivity contribution in [2.75, 3.05) is 11.5 Å². The van der Waals surface area contributed by atoms with Gasteiger partial charge in [0.25, 0.3) is 0 Å². The van der Waals surface area contributed by atoms with Crippen molar-refractivity contribution >= 4 is 11.8 Å². The molecule has 1 N–H and O–H groups in total. The molecule has 2 rings (SSSR count). The normalized spacial score (nSPS) is 18.3. The minimum atomic E-state index is 0.691. The van der Waals surface area contributed by atoms with E-state index in [4.69, 9.17) is 0 Å². The zero-order valence-corrected chi connectivity index (χ0v) is 8.96. The van der Waals surface area contributed by atoms with Crippen LogP contribution in [0.15, 0.2) is 18.7 Å². The van der Waals surface area contributed by atoms with Crippen LogP contribution in [0.4, 0.5) is 0 Å². The van der Waals surface area contributed by atoms with Crippen LogP contribution in [-0.2, 0) is 6.54 Å². The van der Waals surface area contributed by atoms with Crippen molar-refractivity contribution in [3.05, 3.63) is 24.3 Å². The number of hydrogen-bond acceptors (Lipinski definition) is 4. The SMILES string of the molecule is c1ncc(CNC2CCSCC2)cn1. The van der Waals surface area contributed by atoms with Crippen LogP contribution in [0.25, 0.3) is 0 Å². The van der Waals surface area contributed by atoms with E-state index in [0.717, 1.165) is 6.54 Å². The maximum Gasteiger partial charge on any atom is 0.115 e. The summed E-state index contributed by atoms with van der Waals surface area (Å²) in [7, 11) is 0. The molecule has 0 aliphatic carbocycles. The number of aromatic nitrogens is 2. The molecule has 3 nitrogen and oxygen atoms in total. The second-order valence-corrected chi connectivity index (χ2v) is 4.74. The van der Waals surface area contributed by atoms with Gasteiger partial charge >= 0.3 is 0 Å². The topological polar surface area (TPSA) is 37.8 Å². The van der Waals surface area contributed by atoms with E-state index in [9.17, 15) is 0 Å². The van der Waals surface area contributed by atoms with Crippen molar-refractivity contribution in [2.45, 2.75) is 25.4 Å². The summed E-state index contributed by atoms with van der Waals surface area (Å²) in [6.45, 7) is 0.899. The van der Waals surface area contributed by atoms with E-state index in [0.29, 0.717) is 6.04 Å². The Morgan fingerprint density at radius 3 is 2.71 bits per heavy atom. The lowest BCUT2D eigenvalue weighted by molar-refractivity contribution is 0.481. The summed E-state index contributed by atoms with van der Waals surface area (Å²) in [5, 5.41) is 3.54. The molecule has 1 fully saturated rings. The van der Waals surface area contributed by atoms with Crippen LogP contribution in [0.2, 0.25) is 0 Å². The third kappa shape index (κ3) is 2.96. The van der Waals surface area contributed by atoms with Gasteiger partial charge in [-0.15, -0.1) is 0 Å². The summed E-state index contributed by atoms with van der Waals surface area (Å²) in [6.07, 6.45) is 7.90. The molecular formula is C10H15N3S. The van der Waals surface area contributed by atoms with Crippen molar-refractivity contribution in [2.24, 2.45) is 0 Å². The third-order valence-corrected chi connectivity index (χ3v) is 3.48. The first kappa shape index (κ1) is 9.93. The number of thioether (sulfide) groups is 1. The molecule has 1 aliphatic heterocycles. The molecule has 2 heterocycles. The fraction of sp³-hybridized carbons (Fsp3) is 0.600. The maximum atomic E-state index is 3.99. The molecule has 14 heavy (non-hydrogen) atoms. The zero-order chi connectivity index (χ0) is 9.64. The van der Waals surface area contributed by atoms with Crippen molar-refractivity contribution in [1.82, 2.24) is 15.3 Å². The van der Waals surface area contributed by atoms with Gasteiger partial charge in [-0.05, 0) is 24.3 Å². The molecule has 0 bridgehead atoms. The van der Waals surface area contributed by atoms with Gasteiger partial charge < -0.3 is 5.32 Å². The van der Waals surface area contributed by atoms with Gasteiger partial charge in [0.2, 0.25) is 0 Å². The summed E-state index contributed by atoms with van der Waals surface area (Å²) >= 11 is 2.06. The molecule has 0 unspecified atom stereocenters. The van der Waals surface area contributed by atoms with Gasteiger partial charge in [-0.2, -0.15) is 11.8 Å². The molecular weight excluding hydrogens is 194 g/mol. The molecule has 1 saturated heterocycles. The molecule has 0 amide bonds. The Labute approximate surface area is 88.7 Å². The first-order valence-corrected chi connectivity index (χ1v) is 6.15. The summed E-state index contributed by atoms with van der Waals surface area (Å²) in [5.41, 5.74) is 1.17. The first-order chi connectivity index (χ1) is 6.95. The monoisotopic (exact) mass is 209 g/mol. The van der Waals surface area contributed by atoms with Gasteiger partial charge in [0.05, 0.1) is 0 Å². The Bertz CT molecular complexity index is 259. The van der Waals surface area contributed by atoms with Gasteiger partial charge in [0.15, 0.2) is 0 Å². The lowest BCUT2D eigenvalue weighted by atomic mass is 10.1. The van der Waals surface area contributed by atoms with Gasteiger partial charge in [0.1, 0.15) is 6.33 Å². The Balaban J connectivity index is 1.76. The zero-order valence-electron chi connectivity index (χ0n) is 8.15. The number of nitrogens with zero attached hydrogens (tertiary/aromatic N) is 2. The second kappa shape index (κ2) is 5.32. The van der Waals surface area contributed by atoms with Gasteiger partial charge in [-0.1, -0.05) is 0 Å². The lowest BCUT2D eigenvalue weighted by Crippen LogP contribution is -2.32. The lowest BCUT2D eigenvalue weighted by Gasteiger charge is -2.22. The van der Waals surface area contributed by atoms with E-state index in [-0.39, 0.29) is 0 Å². The van der Waals surface area contributed by atoms with E-state index in [1.54, 1.807) is 6.33 Å². The van der Waals surface area contributed by atoms with Crippen molar-refractivity contribution in [1.29, 1.82) is 0 Å². The van der Waals surface area contributed by atoms with E-state index >= 15 is 0 Å². The highest BCUT2D eigenvalue weighted by Crippen LogP contribution is 2.17. The van der Waals surface area contributed by atoms with Gasteiger partial charge in [-0.25, -0.2) is 9.97 Å². The molecule has 0 aromatic carbocycles. The van der Waals surface area contributed by atoms with Crippen LogP contribution in [0.3, 0.4) is 0 Å². The maximum absolute atomic E-state index is 3.99. The van der Waals surface area contributed by atoms with Crippen LogP contribution < -0.4 is 5.32 Å². The smallest absolute Gasteiger partial charge is 0.115 e. The first-order valence-electron chi connectivity index (χ1n) is 5.00. The van der Waals surface area contributed by atoms with Crippen LogP contribution in [0.5, 0.6) is 0 Å². The molecule has 0 atom stereocenters. The second-order valence-electron chi connectivity index (χ2n) is 3.51. The highest BCUT2D eigenvalue weighted by atomic mass is 32.2. The summed E-state index contributed by atoms with van der Waals surface area (Å²) < 4.78 is 0. The average Bonchev–Trinajstić information content (AvgIpc) is 2.29. The van der Waals surface area contributed by atoms with Crippen LogP contribution in [0, 0.1) is 0 Å². The van der Waals surface area contributed by atoms with E-state index < -0.39 is 0 Å². The molecule has 1 aliphatic rings. The summed E-state index contributed by atoms with van der Waals surface area (Å²) in [4.78, 5) is 7.99. The quantitative estimate of drug-likeness (QED) is 0.818. The highest BCUT2D eigenvalue weighted by molar-refractivity contribution is 7.99. The van der Waals surface area contributed by atoms with Crippen molar-refractivity contribution in [3.8, 4) is 0 Å². The largest absolute Gasteiger partial charge is 0.310 e. The fourth-order valence-corrected chi connectivity index (χ4v) is 2.69. The predicted molar refractivity (Wildman–Crippen MR) is 59.2 cm³/mol. The van der Waals surface area contributed by atoms with E-state index in [2.05, 4.69) is 27.0 Å². The number of nitrogens with one attached hydrogen (secondary N) is 1. The number of hydrogen-bond donors (Lipinski definition) is 1. The Kier molecular flexibility index (Phi) is 3.77. The third-order valence-electron chi connectivity index (χ3n) is 2.43. The Morgan fingerprint density at radius 1 is 1.29 bits per heavy atom. The van der Waals surface area contributed by atoms with Crippen LogP contribution in [-0.4, -0.2) is 27.5 Å². The van der Waals surface area contributed by atoms with E-state index in [1.165, 1.54) is 29.9 Å². The molecule has 76 valence electrons. The molecule has 1 aromatic heterocycles. The molecule has 0 saturated carbocycles. The minimum absolute atomic E-state index is 0.691. The minimum Gasteiger partial charge on any atom is -0.310 e. The fourth-order valence-electron chi connectivity index (χ4n) is 1.59. The molecule has 1 aromatic rings. The van der Waals surface area contributed by atoms with Gasteiger partial charge in [-0.3, -0.25) is 0 Å². The van der Waals surface area contributed by atoms with Crippen molar-refractivity contribution in [3.63, 3.8) is 0 Å². The highest BCUT2D eigenvalue weighted by Gasteiger charge is 2.12. The average molecular weight is 209 g/mol. The van der Waals surface area contributed by atoms with Gasteiger partial charge in [0, 0.05) is 30.5 Å². The molecule has 0 spiro atoms.